The zero-order chi connectivity index (χ0) is 11.0. The number of hydrogen-bond donors (Lipinski definition) is 1. The molecule has 0 saturated carbocycles. The van der Waals surface area contributed by atoms with Gasteiger partial charge in [0.05, 0.1) is 5.51 Å². The molecule has 5 heteroatoms. The van der Waals surface area contributed by atoms with Crippen LogP contribution in [0.15, 0.2) is 29.2 Å². The lowest BCUT2D eigenvalue weighted by molar-refractivity contribution is 0.745. The number of nitrogens with two attached hydrogens (primary N) is 1. The van der Waals surface area contributed by atoms with Gasteiger partial charge in [-0.2, -0.15) is 0 Å². The van der Waals surface area contributed by atoms with Crippen molar-refractivity contribution in [3.8, 4) is 0 Å². The normalized spacial score (nSPS) is 13.3. The molecule has 3 aromatic rings. The second kappa shape index (κ2) is 4.25. The lowest BCUT2D eigenvalue weighted by Crippen LogP contribution is -2.10. The van der Waals surface area contributed by atoms with Crippen LogP contribution in [-0.2, 0) is 6.42 Å². The third-order valence-electron chi connectivity index (χ3n) is 2.43. The molecule has 0 aliphatic carbocycles. The Labute approximate surface area is 105 Å². The highest BCUT2D eigenvalue weighted by Gasteiger charge is 2.12. The van der Waals surface area contributed by atoms with E-state index in [2.05, 4.69) is 22.5 Å². The van der Waals surface area contributed by atoms with E-state index in [9.17, 15) is 0 Å². The molecule has 0 aliphatic rings. The smallest absolute Gasteiger partial charge is 0.0794 e. The predicted molar refractivity (Wildman–Crippen MR) is 72.4 cm³/mol. The first-order valence-corrected chi connectivity index (χ1v) is 7.50. The van der Waals surface area contributed by atoms with Gasteiger partial charge in [-0.15, -0.1) is 34.0 Å². The van der Waals surface area contributed by atoms with Gasteiger partial charge in [0.1, 0.15) is 0 Å². The first-order valence-electron chi connectivity index (χ1n) is 4.93. The van der Waals surface area contributed by atoms with Crippen LogP contribution < -0.4 is 5.73 Å². The van der Waals surface area contributed by atoms with E-state index in [1.54, 1.807) is 34.0 Å². The Morgan fingerprint density at radius 2 is 2.25 bits per heavy atom. The van der Waals surface area contributed by atoms with E-state index in [0.29, 0.717) is 0 Å². The standard InChI is InChI=1S/C11H10N2S3/c12-8(3-7-5-13-6-15-7)10-4-11-9(16-10)1-2-14-11/h1-2,4-6,8H,3,12H2. The van der Waals surface area contributed by atoms with E-state index >= 15 is 0 Å². The summed E-state index contributed by atoms with van der Waals surface area (Å²) in [5.74, 6) is 0. The Hall–Kier alpha value is -0.750. The van der Waals surface area contributed by atoms with Crippen LogP contribution in [0, 0.1) is 0 Å². The largest absolute Gasteiger partial charge is 0.323 e. The molecule has 0 radical (unpaired) electrons. The van der Waals surface area contributed by atoms with Gasteiger partial charge in [0.25, 0.3) is 0 Å². The van der Waals surface area contributed by atoms with Gasteiger partial charge in [0.2, 0.25) is 0 Å². The summed E-state index contributed by atoms with van der Waals surface area (Å²) >= 11 is 5.25. The third-order valence-corrected chi connectivity index (χ3v) is 5.46. The summed E-state index contributed by atoms with van der Waals surface area (Å²) in [5.41, 5.74) is 8.06. The molecule has 0 fully saturated rings. The van der Waals surface area contributed by atoms with Gasteiger partial charge in [0.15, 0.2) is 0 Å². The van der Waals surface area contributed by atoms with Crippen LogP contribution in [0.5, 0.6) is 0 Å². The van der Waals surface area contributed by atoms with Crippen LogP contribution in [0.25, 0.3) is 9.40 Å². The number of hydrogen-bond acceptors (Lipinski definition) is 5. The average molecular weight is 266 g/mol. The summed E-state index contributed by atoms with van der Waals surface area (Å²) in [6.45, 7) is 0. The molecule has 16 heavy (non-hydrogen) atoms. The predicted octanol–water partition coefficient (Wildman–Crippen LogP) is 3.66. The lowest BCUT2D eigenvalue weighted by Gasteiger charge is -2.06. The molecule has 0 aliphatic heterocycles. The summed E-state index contributed by atoms with van der Waals surface area (Å²) in [6, 6.07) is 4.48. The molecule has 2 N–H and O–H groups in total. The van der Waals surface area contributed by atoms with Crippen molar-refractivity contribution in [1.29, 1.82) is 0 Å². The monoisotopic (exact) mass is 266 g/mol. The van der Waals surface area contributed by atoms with E-state index < -0.39 is 0 Å². The molecule has 2 nitrogen and oxygen atoms in total. The van der Waals surface area contributed by atoms with Crippen LogP contribution in [0.2, 0.25) is 0 Å². The molecule has 3 aromatic heterocycles. The second-order valence-corrected chi connectivity index (χ2v) is 6.61. The zero-order valence-electron chi connectivity index (χ0n) is 8.42. The number of aromatic nitrogens is 1. The minimum atomic E-state index is 0.102. The molecule has 1 atom stereocenters. The molecule has 1 unspecified atom stereocenters. The van der Waals surface area contributed by atoms with Crippen LogP contribution in [0.1, 0.15) is 15.8 Å². The van der Waals surface area contributed by atoms with E-state index in [1.807, 2.05) is 11.7 Å². The summed E-state index contributed by atoms with van der Waals surface area (Å²) in [7, 11) is 0. The SMILES string of the molecule is NC(Cc1cncs1)c1cc2sccc2s1. The fourth-order valence-corrected chi connectivity index (χ4v) is 4.40. The van der Waals surface area contributed by atoms with Gasteiger partial charge >= 0.3 is 0 Å². The third kappa shape index (κ3) is 1.91. The van der Waals surface area contributed by atoms with Crippen molar-refractivity contribution >= 4 is 43.4 Å². The number of thiophene rings is 2. The number of fused-ring (bicyclic) bond motifs is 1. The molecule has 0 aromatic carbocycles. The van der Waals surface area contributed by atoms with E-state index in [-0.39, 0.29) is 6.04 Å². The molecular weight excluding hydrogens is 256 g/mol. The highest BCUT2D eigenvalue weighted by atomic mass is 32.1. The lowest BCUT2D eigenvalue weighted by atomic mass is 10.2. The number of thiazole rings is 1. The first-order chi connectivity index (χ1) is 7.83. The fraction of sp³-hybridized carbons (Fsp3) is 0.182. The topological polar surface area (TPSA) is 38.9 Å². The van der Waals surface area contributed by atoms with E-state index in [4.69, 9.17) is 5.73 Å². The van der Waals surface area contributed by atoms with Crippen molar-refractivity contribution < 1.29 is 0 Å². The van der Waals surface area contributed by atoms with Crippen LogP contribution in [0.4, 0.5) is 0 Å². The molecule has 3 heterocycles. The molecule has 0 saturated heterocycles. The fourth-order valence-electron chi connectivity index (χ4n) is 1.63. The van der Waals surface area contributed by atoms with Gasteiger partial charge in [-0.05, 0) is 17.5 Å². The van der Waals surface area contributed by atoms with Gasteiger partial charge in [-0.25, -0.2) is 0 Å². The Kier molecular flexibility index (Phi) is 2.77. The maximum Gasteiger partial charge on any atom is 0.0794 e. The Morgan fingerprint density at radius 3 is 3.00 bits per heavy atom. The summed E-state index contributed by atoms with van der Waals surface area (Å²) in [6.07, 6.45) is 2.79. The maximum absolute atomic E-state index is 6.20. The molecule has 0 spiro atoms. The van der Waals surface area contributed by atoms with Crippen LogP contribution in [0.3, 0.4) is 0 Å². The van der Waals surface area contributed by atoms with Gasteiger partial charge in [0, 0.05) is 37.8 Å². The summed E-state index contributed by atoms with van der Waals surface area (Å²) in [5, 5.41) is 2.12. The summed E-state index contributed by atoms with van der Waals surface area (Å²) < 4.78 is 2.69. The summed E-state index contributed by atoms with van der Waals surface area (Å²) in [4.78, 5) is 6.60. The Morgan fingerprint density at radius 1 is 1.31 bits per heavy atom. The van der Waals surface area contributed by atoms with Crippen molar-refractivity contribution in [2.45, 2.75) is 12.5 Å². The molecule has 82 valence electrons. The van der Waals surface area contributed by atoms with Crippen LogP contribution in [-0.4, -0.2) is 4.98 Å². The maximum atomic E-state index is 6.20. The van der Waals surface area contributed by atoms with Gasteiger partial charge < -0.3 is 5.73 Å². The molecular formula is C11H10N2S3. The Bertz CT molecular complexity index is 551. The quantitative estimate of drug-likeness (QED) is 0.785. The van der Waals surface area contributed by atoms with Crippen molar-refractivity contribution in [2.24, 2.45) is 5.73 Å². The second-order valence-electron chi connectivity index (χ2n) is 3.58. The highest BCUT2D eigenvalue weighted by molar-refractivity contribution is 7.27. The van der Waals surface area contributed by atoms with Gasteiger partial charge in [-0.3, -0.25) is 4.98 Å². The average Bonchev–Trinajstić information content (AvgIpc) is 2.91. The van der Waals surface area contributed by atoms with Gasteiger partial charge in [-0.1, -0.05) is 0 Å². The van der Waals surface area contributed by atoms with E-state index in [1.165, 1.54) is 19.2 Å². The van der Waals surface area contributed by atoms with Crippen molar-refractivity contribution in [1.82, 2.24) is 4.98 Å². The minimum absolute atomic E-state index is 0.102. The number of rotatable bonds is 3. The number of nitrogens with zero attached hydrogens (tertiary/aromatic N) is 1. The highest BCUT2D eigenvalue weighted by Crippen LogP contribution is 2.33. The minimum Gasteiger partial charge on any atom is -0.323 e. The van der Waals surface area contributed by atoms with Crippen LogP contribution >= 0.6 is 34.0 Å². The molecule has 0 amide bonds. The van der Waals surface area contributed by atoms with Crippen molar-refractivity contribution in [2.75, 3.05) is 0 Å². The Balaban J connectivity index is 1.84. The molecule has 0 bridgehead atoms. The van der Waals surface area contributed by atoms with Crippen molar-refractivity contribution in [3.63, 3.8) is 0 Å². The zero-order valence-corrected chi connectivity index (χ0v) is 10.9. The molecule has 3 rings (SSSR count). The van der Waals surface area contributed by atoms with E-state index in [0.717, 1.165) is 6.42 Å². The van der Waals surface area contributed by atoms with Crippen molar-refractivity contribution in [3.05, 3.63) is 39.0 Å². The first kappa shape index (κ1) is 10.4.